The number of hydrogen-bond donors (Lipinski definition) is 2. The maximum absolute atomic E-state index is 12.4. The maximum atomic E-state index is 12.4. The summed E-state index contributed by atoms with van der Waals surface area (Å²) >= 11 is 5.04. The smallest absolute Gasteiger partial charge is 0.260 e. The van der Waals surface area contributed by atoms with Gasteiger partial charge < -0.3 is 24.4 Å². The molecule has 0 saturated carbocycles. The van der Waals surface area contributed by atoms with Gasteiger partial charge in [0.2, 0.25) is 0 Å². The van der Waals surface area contributed by atoms with E-state index in [9.17, 15) is 4.79 Å². The van der Waals surface area contributed by atoms with Gasteiger partial charge in [-0.05, 0) is 56.8 Å². The number of morpholine rings is 1. The minimum Gasteiger partial charge on any atom is -0.493 e. The third kappa shape index (κ3) is 6.65. The molecule has 0 spiro atoms. The lowest BCUT2D eigenvalue weighted by Gasteiger charge is -2.35. The highest BCUT2D eigenvalue weighted by atomic mass is 32.1. The van der Waals surface area contributed by atoms with Crippen LogP contribution in [0.15, 0.2) is 23.3 Å². The summed E-state index contributed by atoms with van der Waals surface area (Å²) in [6.45, 7) is 7.68. The first kappa shape index (κ1) is 21.9. The van der Waals surface area contributed by atoms with E-state index in [1.54, 1.807) is 30.4 Å². The number of amides is 1. The third-order valence-corrected chi connectivity index (χ3v) is 4.26. The van der Waals surface area contributed by atoms with Crippen LogP contribution in [0, 0.1) is 0 Å². The van der Waals surface area contributed by atoms with Gasteiger partial charge in [-0.3, -0.25) is 10.2 Å². The van der Waals surface area contributed by atoms with Gasteiger partial charge in [0, 0.05) is 19.6 Å². The molecular formula is C19H28N4O4S. The number of benzene rings is 1. The van der Waals surface area contributed by atoms with Gasteiger partial charge in [-0.25, -0.2) is 0 Å². The van der Waals surface area contributed by atoms with Crippen molar-refractivity contribution >= 4 is 29.5 Å². The molecule has 2 N–H and O–H groups in total. The zero-order chi connectivity index (χ0) is 20.5. The summed E-state index contributed by atoms with van der Waals surface area (Å²) in [5, 5.41) is 7.46. The molecule has 0 radical (unpaired) electrons. The third-order valence-electron chi connectivity index (χ3n) is 4.03. The monoisotopic (exact) mass is 408 g/mol. The molecule has 0 aliphatic carbocycles. The first-order valence-corrected chi connectivity index (χ1v) is 9.64. The van der Waals surface area contributed by atoms with Gasteiger partial charge in [-0.2, -0.15) is 5.10 Å². The second-order valence-electron chi connectivity index (χ2n) is 6.48. The van der Waals surface area contributed by atoms with Crippen molar-refractivity contribution in [3.05, 3.63) is 23.8 Å². The van der Waals surface area contributed by atoms with Crippen LogP contribution in [0.5, 0.6) is 11.5 Å². The first-order chi connectivity index (χ1) is 13.4. The molecule has 1 aliphatic heterocycles. The Morgan fingerprint density at radius 2 is 2.07 bits per heavy atom. The lowest BCUT2D eigenvalue weighted by molar-refractivity contribution is -0.145. The number of methoxy groups -OCH3 is 1. The van der Waals surface area contributed by atoms with E-state index < -0.39 is 0 Å². The summed E-state index contributed by atoms with van der Waals surface area (Å²) < 4.78 is 16.7. The van der Waals surface area contributed by atoms with Crippen molar-refractivity contribution in [1.82, 2.24) is 15.6 Å². The summed E-state index contributed by atoms with van der Waals surface area (Å²) in [5.41, 5.74) is 3.53. The zero-order valence-electron chi connectivity index (χ0n) is 16.7. The summed E-state index contributed by atoms with van der Waals surface area (Å²) in [6.07, 6.45) is 1.67. The van der Waals surface area contributed by atoms with Crippen molar-refractivity contribution in [3.63, 3.8) is 0 Å². The fraction of sp³-hybridized carbons (Fsp3) is 0.526. The largest absolute Gasteiger partial charge is 0.493 e. The summed E-state index contributed by atoms with van der Waals surface area (Å²) in [5.74, 6) is 0.948. The Labute approximate surface area is 171 Å². The molecule has 28 heavy (non-hydrogen) atoms. The maximum Gasteiger partial charge on any atom is 0.260 e. The molecule has 2 rings (SSSR count). The molecule has 1 heterocycles. The number of hydrazone groups is 1. The molecule has 1 saturated heterocycles. The molecule has 154 valence electrons. The van der Waals surface area contributed by atoms with Crippen LogP contribution in [0.2, 0.25) is 0 Å². The van der Waals surface area contributed by atoms with E-state index in [2.05, 4.69) is 15.8 Å². The summed E-state index contributed by atoms with van der Waals surface area (Å²) in [6, 6.07) is 5.35. The molecule has 9 heteroatoms. The molecule has 1 amide bonds. The summed E-state index contributed by atoms with van der Waals surface area (Å²) in [7, 11) is 1.55. The fourth-order valence-corrected chi connectivity index (χ4v) is 3.06. The average molecular weight is 409 g/mol. The van der Waals surface area contributed by atoms with Gasteiger partial charge in [0.15, 0.2) is 23.2 Å². The van der Waals surface area contributed by atoms with Gasteiger partial charge in [-0.15, -0.1) is 0 Å². The lowest BCUT2D eigenvalue weighted by Crippen LogP contribution is -2.49. The Hall–Kier alpha value is -2.39. The number of rotatable bonds is 7. The van der Waals surface area contributed by atoms with Crippen LogP contribution < -0.4 is 20.2 Å². The van der Waals surface area contributed by atoms with Crippen molar-refractivity contribution in [3.8, 4) is 11.5 Å². The quantitative estimate of drug-likeness (QED) is 0.402. The van der Waals surface area contributed by atoms with Crippen LogP contribution in [0.25, 0.3) is 0 Å². The molecule has 2 atom stereocenters. The SMILES string of the molecule is CCNC(=S)NN=Cc1ccc(OCC(=O)N2CC(C)OC(C)C2)c(OC)c1. The number of carbonyl (C=O) groups excluding carboxylic acids is 1. The predicted octanol–water partition coefficient (Wildman–Crippen LogP) is 1.53. The second kappa shape index (κ2) is 10.8. The number of hydrogen-bond acceptors (Lipinski definition) is 6. The van der Waals surface area contributed by atoms with E-state index in [4.69, 9.17) is 26.4 Å². The number of carbonyl (C=O) groups is 1. The molecule has 1 aliphatic rings. The van der Waals surface area contributed by atoms with Crippen molar-refractivity contribution in [2.24, 2.45) is 5.10 Å². The molecular weight excluding hydrogens is 380 g/mol. The van der Waals surface area contributed by atoms with E-state index in [0.717, 1.165) is 12.1 Å². The number of nitrogens with one attached hydrogen (secondary N) is 2. The first-order valence-electron chi connectivity index (χ1n) is 9.23. The highest BCUT2D eigenvalue weighted by Gasteiger charge is 2.26. The van der Waals surface area contributed by atoms with Gasteiger partial charge in [0.1, 0.15) is 0 Å². The highest BCUT2D eigenvalue weighted by molar-refractivity contribution is 7.80. The van der Waals surface area contributed by atoms with Crippen LogP contribution in [0.4, 0.5) is 0 Å². The van der Waals surface area contributed by atoms with E-state index in [-0.39, 0.29) is 24.7 Å². The lowest BCUT2D eigenvalue weighted by atomic mass is 10.2. The van der Waals surface area contributed by atoms with Gasteiger partial charge in [-0.1, -0.05) is 0 Å². The van der Waals surface area contributed by atoms with E-state index >= 15 is 0 Å². The number of thiocarbonyl (C=S) groups is 1. The van der Waals surface area contributed by atoms with Crippen molar-refractivity contribution in [2.45, 2.75) is 33.0 Å². The standard InChI is InChI=1S/C19H28N4O4S/c1-5-20-19(28)22-21-9-15-6-7-16(17(8-15)25-4)26-12-18(24)23-10-13(2)27-14(3)11-23/h6-9,13-14H,5,10-12H2,1-4H3,(H2,20,22,28). The van der Waals surface area contributed by atoms with Crippen molar-refractivity contribution < 1.29 is 19.0 Å². The molecule has 0 bridgehead atoms. The van der Waals surface area contributed by atoms with Crippen molar-refractivity contribution in [1.29, 1.82) is 0 Å². The highest BCUT2D eigenvalue weighted by Crippen LogP contribution is 2.27. The van der Waals surface area contributed by atoms with Crippen LogP contribution in [0.1, 0.15) is 26.3 Å². The molecule has 2 unspecified atom stereocenters. The molecule has 1 fully saturated rings. The molecule has 0 aromatic heterocycles. The molecule has 8 nitrogen and oxygen atoms in total. The Bertz CT molecular complexity index is 703. The minimum absolute atomic E-state index is 0.0230. The Balaban J connectivity index is 1.93. The number of nitrogens with zero attached hydrogens (tertiary/aromatic N) is 2. The van der Waals surface area contributed by atoms with E-state index in [0.29, 0.717) is 29.7 Å². The van der Waals surface area contributed by atoms with Gasteiger partial charge >= 0.3 is 0 Å². The molecule has 1 aromatic carbocycles. The zero-order valence-corrected chi connectivity index (χ0v) is 17.5. The second-order valence-corrected chi connectivity index (χ2v) is 6.89. The van der Waals surface area contributed by atoms with E-state index in [1.807, 2.05) is 26.8 Å². The van der Waals surface area contributed by atoms with E-state index in [1.165, 1.54) is 0 Å². The van der Waals surface area contributed by atoms with Crippen LogP contribution in [-0.4, -0.2) is 67.7 Å². The number of ether oxygens (including phenoxy) is 3. The predicted molar refractivity (Wildman–Crippen MR) is 112 cm³/mol. The fourth-order valence-electron chi connectivity index (χ4n) is 2.86. The normalized spacial score (nSPS) is 19.4. The Morgan fingerprint density at radius 1 is 1.36 bits per heavy atom. The minimum atomic E-state index is -0.0733. The Kier molecular flexibility index (Phi) is 8.46. The van der Waals surface area contributed by atoms with Crippen molar-refractivity contribution in [2.75, 3.05) is 33.4 Å². The van der Waals surface area contributed by atoms with Gasteiger partial charge in [0.25, 0.3) is 5.91 Å². The average Bonchev–Trinajstić information content (AvgIpc) is 2.66. The molecule has 1 aromatic rings. The Morgan fingerprint density at radius 3 is 2.71 bits per heavy atom. The van der Waals surface area contributed by atoms with Gasteiger partial charge in [0.05, 0.1) is 25.5 Å². The van der Waals surface area contributed by atoms with Crippen LogP contribution in [0.3, 0.4) is 0 Å². The summed E-state index contributed by atoms with van der Waals surface area (Å²) in [4.78, 5) is 14.2. The van der Waals surface area contributed by atoms with Crippen LogP contribution in [-0.2, 0) is 9.53 Å². The topological polar surface area (TPSA) is 84.4 Å². The van der Waals surface area contributed by atoms with Crippen LogP contribution >= 0.6 is 12.2 Å².